The maximum absolute atomic E-state index is 12.8. The van der Waals surface area contributed by atoms with Crippen molar-refractivity contribution in [3.05, 3.63) is 24.1 Å². The van der Waals surface area contributed by atoms with Gasteiger partial charge in [-0.3, -0.25) is 4.90 Å². The van der Waals surface area contributed by atoms with Crippen molar-refractivity contribution in [2.75, 3.05) is 19.6 Å². The van der Waals surface area contributed by atoms with Crippen LogP contribution in [0.2, 0.25) is 0 Å². The average molecular weight is 278 g/mol. The molecule has 2 heterocycles. The van der Waals surface area contributed by atoms with Crippen LogP contribution in [0.5, 0.6) is 5.88 Å². The van der Waals surface area contributed by atoms with Crippen molar-refractivity contribution in [2.24, 2.45) is 0 Å². The summed E-state index contributed by atoms with van der Waals surface area (Å²) in [6.07, 6.45) is -4.57. The highest BCUT2D eigenvalue weighted by Crippen LogP contribution is 2.22. The summed E-state index contributed by atoms with van der Waals surface area (Å²) in [5.41, 5.74) is 0. The van der Waals surface area contributed by atoms with Crippen molar-refractivity contribution in [1.29, 1.82) is 0 Å². The number of pyridine rings is 1. The van der Waals surface area contributed by atoms with Gasteiger partial charge in [0.1, 0.15) is 6.10 Å². The van der Waals surface area contributed by atoms with Gasteiger partial charge in [-0.15, -0.1) is 0 Å². The molecule has 3 nitrogen and oxygen atoms in total. The molecule has 0 amide bonds. The summed E-state index contributed by atoms with van der Waals surface area (Å²) in [5.74, 6) is -0.466. The van der Waals surface area contributed by atoms with Crippen LogP contribution in [0.15, 0.2) is 18.2 Å². The molecule has 1 saturated heterocycles. The van der Waals surface area contributed by atoms with E-state index in [1.54, 1.807) is 4.90 Å². The number of aromatic nitrogens is 1. The molecule has 0 spiro atoms. The molecule has 1 unspecified atom stereocenters. The second kappa shape index (κ2) is 5.73. The molecule has 0 bridgehead atoms. The fourth-order valence-electron chi connectivity index (χ4n) is 2.01. The number of hydrogen-bond acceptors (Lipinski definition) is 3. The Morgan fingerprint density at radius 2 is 2.16 bits per heavy atom. The predicted octanol–water partition coefficient (Wildman–Crippen LogP) is 2.63. The number of hydrogen-bond donors (Lipinski definition) is 0. The molecule has 0 saturated carbocycles. The molecule has 1 atom stereocenters. The molecule has 1 fully saturated rings. The van der Waals surface area contributed by atoms with Crippen LogP contribution in [0.3, 0.4) is 0 Å². The molecule has 1 aliphatic rings. The Hall–Kier alpha value is -1.37. The summed E-state index contributed by atoms with van der Waals surface area (Å²) < 4.78 is 54.6. The van der Waals surface area contributed by atoms with Crippen LogP contribution in [-0.2, 0) is 0 Å². The smallest absolute Gasteiger partial charge is 0.390 e. The molecule has 0 N–H and O–H groups in total. The molecule has 1 aliphatic heterocycles. The van der Waals surface area contributed by atoms with Gasteiger partial charge in [0, 0.05) is 25.7 Å². The van der Waals surface area contributed by atoms with E-state index in [4.69, 9.17) is 4.74 Å². The van der Waals surface area contributed by atoms with Crippen molar-refractivity contribution in [1.82, 2.24) is 9.88 Å². The molecule has 19 heavy (non-hydrogen) atoms. The van der Waals surface area contributed by atoms with Crippen LogP contribution >= 0.6 is 0 Å². The fraction of sp³-hybridized carbons (Fsp3) is 0.583. The zero-order valence-corrected chi connectivity index (χ0v) is 10.2. The highest BCUT2D eigenvalue weighted by Gasteiger charge is 2.31. The number of rotatable bonds is 4. The highest BCUT2D eigenvalue weighted by atomic mass is 19.4. The van der Waals surface area contributed by atoms with Gasteiger partial charge in [-0.1, -0.05) is 6.07 Å². The number of ether oxygens (including phenoxy) is 1. The lowest BCUT2D eigenvalue weighted by molar-refractivity contribution is -0.137. The Labute approximate surface area is 108 Å². The standard InChI is InChI=1S/C12H14F4N2O/c13-10-2-1-3-11(17-10)19-9-4-6-18(8-9)7-5-12(14,15)16/h1-3,9H,4-8H2. The van der Waals surface area contributed by atoms with E-state index in [1.165, 1.54) is 18.2 Å². The minimum atomic E-state index is -4.14. The maximum atomic E-state index is 12.8. The van der Waals surface area contributed by atoms with Gasteiger partial charge < -0.3 is 4.74 Å². The molecular weight excluding hydrogens is 264 g/mol. The van der Waals surface area contributed by atoms with Crippen molar-refractivity contribution in [3.8, 4) is 5.88 Å². The zero-order chi connectivity index (χ0) is 13.9. The van der Waals surface area contributed by atoms with Gasteiger partial charge in [-0.2, -0.15) is 22.5 Å². The molecule has 1 aromatic rings. The summed E-state index contributed by atoms with van der Waals surface area (Å²) >= 11 is 0. The first-order valence-corrected chi connectivity index (χ1v) is 6.01. The van der Waals surface area contributed by atoms with Gasteiger partial charge in [-0.05, 0) is 12.5 Å². The average Bonchev–Trinajstić information content (AvgIpc) is 2.73. The van der Waals surface area contributed by atoms with E-state index < -0.39 is 18.5 Å². The lowest BCUT2D eigenvalue weighted by Gasteiger charge is -2.17. The maximum Gasteiger partial charge on any atom is 0.390 e. The molecule has 0 aliphatic carbocycles. The van der Waals surface area contributed by atoms with E-state index in [-0.39, 0.29) is 18.5 Å². The quantitative estimate of drug-likeness (QED) is 0.625. The van der Waals surface area contributed by atoms with E-state index >= 15 is 0 Å². The van der Waals surface area contributed by atoms with Crippen LogP contribution in [0.4, 0.5) is 17.6 Å². The lowest BCUT2D eigenvalue weighted by Crippen LogP contribution is -2.28. The van der Waals surface area contributed by atoms with Crippen molar-refractivity contribution in [3.63, 3.8) is 0 Å². The van der Waals surface area contributed by atoms with E-state index in [9.17, 15) is 17.6 Å². The predicted molar refractivity (Wildman–Crippen MR) is 60.3 cm³/mol. The first-order chi connectivity index (χ1) is 8.92. The Morgan fingerprint density at radius 1 is 1.37 bits per heavy atom. The normalized spacial score (nSPS) is 20.7. The third kappa shape index (κ3) is 4.66. The van der Waals surface area contributed by atoms with Crippen LogP contribution < -0.4 is 4.74 Å². The largest absolute Gasteiger partial charge is 0.473 e. The van der Waals surface area contributed by atoms with Crippen LogP contribution in [0.25, 0.3) is 0 Å². The number of likely N-dealkylation sites (tertiary alicyclic amines) is 1. The lowest BCUT2D eigenvalue weighted by atomic mass is 10.3. The van der Waals surface area contributed by atoms with Gasteiger partial charge in [0.15, 0.2) is 0 Å². The SMILES string of the molecule is Fc1cccc(OC2CCN(CCC(F)(F)F)C2)n1. The molecule has 1 aromatic heterocycles. The van der Waals surface area contributed by atoms with E-state index in [2.05, 4.69) is 4.98 Å². The third-order valence-corrected chi connectivity index (χ3v) is 2.92. The Morgan fingerprint density at radius 3 is 2.84 bits per heavy atom. The number of nitrogens with zero attached hydrogens (tertiary/aromatic N) is 2. The molecule has 106 valence electrons. The van der Waals surface area contributed by atoms with Gasteiger partial charge in [0.2, 0.25) is 11.8 Å². The first-order valence-electron chi connectivity index (χ1n) is 6.01. The van der Waals surface area contributed by atoms with E-state index in [0.717, 1.165) is 0 Å². The second-order valence-electron chi connectivity index (χ2n) is 4.49. The van der Waals surface area contributed by atoms with Crippen molar-refractivity contribution < 1.29 is 22.3 Å². The Kier molecular flexibility index (Phi) is 4.24. The summed E-state index contributed by atoms with van der Waals surface area (Å²) in [6.45, 7) is 0.935. The third-order valence-electron chi connectivity index (χ3n) is 2.92. The molecule has 2 rings (SSSR count). The molecule has 0 aromatic carbocycles. The minimum absolute atomic E-state index is 0.0278. The summed E-state index contributed by atoms with van der Waals surface area (Å²) in [7, 11) is 0. The topological polar surface area (TPSA) is 25.4 Å². The van der Waals surface area contributed by atoms with Crippen molar-refractivity contribution in [2.45, 2.75) is 25.1 Å². The van der Waals surface area contributed by atoms with Gasteiger partial charge >= 0.3 is 6.18 Å². The molecular formula is C12H14F4N2O. The van der Waals surface area contributed by atoms with E-state index in [0.29, 0.717) is 19.5 Å². The first kappa shape index (κ1) is 14.0. The Bertz CT molecular complexity index is 424. The van der Waals surface area contributed by atoms with Gasteiger partial charge in [0.05, 0.1) is 6.42 Å². The minimum Gasteiger partial charge on any atom is -0.473 e. The van der Waals surface area contributed by atoms with E-state index in [1.807, 2.05) is 0 Å². The molecule has 7 heteroatoms. The second-order valence-corrected chi connectivity index (χ2v) is 4.49. The Balaban J connectivity index is 1.79. The van der Waals surface area contributed by atoms with Crippen LogP contribution in [-0.4, -0.2) is 41.8 Å². The number of alkyl halides is 3. The fourth-order valence-corrected chi connectivity index (χ4v) is 2.01. The van der Waals surface area contributed by atoms with Crippen molar-refractivity contribution >= 4 is 0 Å². The van der Waals surface area contributed by atoms with Gasteiger partial charge in [0.25, 0.3) is 0 Å². The van der Waals surface area contributed by atoms with Crippen LogP contribution in [0.1, 0.15) is 12.8 Å². The monoisotopic (exact) mass is 278 g/mol. The summed E-state index contributed by atoms with van der Waals surface area (Å²) in [4.78, 5) is 5.25. The molecule has 0 radical (unpaired) electrons. The summed E-state index contributed by atoms with van der Waals surface area (Å²) in [6, 6.07) is 4.21. The summed E-state index contributed by atoms with van der Waals surface area (Å²) in [5, 5.41) is 0. The number of halogens is 4. The van der Waals surface area contributed by atoms with Gasteiger partial charge in [-0.25, -0.2) is 0 Å². The zero-order valence-electron chi connectivity index (χ0n) is 10.2. The highest BCUT2D eigenvalue weighted by molar-refractivity contribution is 5.11. The van der Waals surface area contributed by atoms with Crippen LogP contribution in [0, 0.1) is 5.95 Å².